The molecular weight excluding hydrogens is 434 g/mol. The number of nitrogens with one attached hydrogen (secondary N) is 1. The van der Waals surface area contributed by atoms with E-state index in [2.05, 4.69) is 41.1 Å². The van der Waals surface area contributed by atoms with E-state index in [1.165, 1.54) is 12.8 Å². The van der Waals surface area contributed by atoms with Gasteiger partial charge in [-0.15, -0.1) is 5.10 Å². The zero-order valence-electron chi connectivity index (χ0n) is 19.1. The third-order valence-corrected chi connectivity index (χ3v) is 5.83. The number of H-pyrrole nitrogens is 1. The predicted octanol–water partition coefficient (Wildman–Crippen LogP) is 3.65. The maximum Gasteiger partial charge on any atom is 0.318 e. The number of ether oxygens (including phenoxy) is 3. The van der Waals surface area contributed by atoms with Crippen molar-refractivity contribution in [3.63, 3.8) is 0 Å². The molecule has 0 saturated heterocycles. The summed E-state index contributed by atoms with van der Waals surface area (Å²) in [6.45, 7) is 1.13. The quantitative estimate of drug-likeness (QED) is 0.354. The van der Waals surface area contributed by atoms with Crippen LogP contribution in [-0.2, 0) is 17.9 Å². The second-order valence-corrected chi connectivity index (χ2v) is 8.28. The first-order chi connectivity index (χ1) is 16.7. The number of rotatable bonds is 10. The van der Waals surface area contributed by atoms with Crippen molar-refractivity contribution in [3.8, 4) is 11.8 Å². The van der Waals surface area contributed by atoms with Gasteiger partial charge in [0.25, 0.3) is 0 Å². The van der Waals surface area contributed by atoms with Gasteiger partial charge in [-0.3, -0.25) is 0 Å². The van der Waals surface area contributed by atoms with E-state index in [1.807, 2.05) is 31.3 Å². The van der Waals surface area contributed by atoms with Gasteiger partial charge < -0.3 is 24.1 Å². The Morgan fingerprint density at radius 1 is 1.12 bits per heavy atom. The number of nitrogens with zero attached hydrogens (tertiary/aromatic N) is 6. The summed E-state index contributed by atoms with van der Waals surface area (Å²) in [4.78, 5) is 17.7. The van der Waals surface area contributed by atoms with Crippen LogP contribution in [0.1, 0.15) is 36.9 Å². The lowest BCUT2D eigenvalue weighted by Crippen LogP contribution is -2.20. The highest BCUT2D eigenvalue weighted by Crippen LogP contribution is 2.23. The fraction of sp³-hybridized carbons (Fsp3) is 0.375. The van der Waals surface area contributed by atoms with E-state index in [0.29, 0.717) is 24.0 Å². The average Bonchev–Trinajstić information content (AvgIpc) is 3.55. The maximum absolute atomic E-state index is 5.83. The Bertz CT molecular complexity index is 1230. The molecule has 10 nitrogen and oxygen atoms in total. The van der Waals surface area contributed by atoms with Crippen LogP contribution in [-0.4, -0.2) is 50.1 Å². The number of hydrogen-bond acceptors (Lipinski definition) is 9. The summed E-state index contributed by atoms with van der Waals surface area (Å²) in [6.07, 6.45) is 9.96. The number of fused-ring (bicyclic) bond motifs is 1. The van der Waals surface area contributed by atoms with Crippen molar-refractivity contribution in [2.45, 2.75) is 44.9 Å². The molecule has 0 amide bonds. The summed E-state index contributed by atoms with van der Waals surface area (Å²) < 4.78 is 17.4. The molecule has 3 heterocycles. The van der Waals surface area contributed by atoms with Gasteiger partial charge in [0, 0.05) is 13.6 Å². The van der Waals surface area contributed by atoms with Crippen molar-refractivity contribution < 1.29 is 14.2 Å². The first kappa shape index (κ1) is 22.0. The lowest BCUT2D eigenvalue weighted by Gasteiger charge is -2.21. The molecular formula is C24H27N7O3. The van der Waals surface area contributed by atoms with Gasteiger partial charge in [0.15, 0.2) is 12.4 Å². The van der Waals surface area contributed by atoms with E-state index in [0.717, 1.165) is 35.4 Å². The molecule has 1 aliphatic carbocycles. The van der Waals surface area contributed by atoms with Crippen molar-refractivity contribution in [3.05, 3.63) is 60.3 Å². The monoisotopic (exact) mass is 461 g/mol. The molecule has 1 N–H and O–H groups in total. The number of aromatic amines is 1. The highest BCUT2D eigenvalue weighted by atomic mass is 16.7. The third-order valence-electron chi connectivity index (χ3n) is 5.83. The van der Waals surface area contributed by atoms with Crippen molar-refractivity contribution >= 4 is 16.9 Å². The topological polar surface area (TPSA) is 111 Å². The van der Waals surface area contributed by atoms with Gasteiger partial charge in [0.05, 0.1) is 30.5 Å². The van der Waals surface area contributed by atoms with E-state index in [9.17, 15) is 0 Å². The molecule has 0 bridgehead atoms. The summed E-state index contributed by atoms with van der Waals surface area (Å²) in [7, 11) is 2.00. The van der Waals surface area contributed by atoms with Gasteiger partial charge >= 0.3 is 6.01 Å². The van der Waals surface area contributed by atoms with E-state index < -0.39 is 0 Å². The van der Waals surface area contributed by atoms with E-state index in [4.69, 9.17) is 14.2 Å². The van der Waals surface area contributed by atoms with Crippen LogP contribution in [0.5, 0.6) is 11.8 Å². The third kappa shape index (κ3) is 5.40. The Kier molecular flexibility index (Phi) is 6.76. The largest absolute Gasteiger partial charge is 0.468 e. The van der Waals surface area contributed by atoms with Gasteiger partial charge in [0.2, 0.25) is 0 Å². The number of benzene rings is 1. The van der Waals surface area contributed by atoms with Crippen LogP contribution in [0.2, 0.25) is 0 Å². The van der Waals surface area contributed by atoms with E-state index in [1.54, 1.807) is 18.7 Å². The first-order valence-electron chi connectivity index (χ1n) is 11.4. The van der Waals surface area contributed by atoms with E-state index >= 15 is 0 Å². The van der Waals surface area contributed by atoms with Crippen LogP contribution < -0.4 is 14.4 Å². The highest BCUT2D eigenvalue weighted by Gasteiger charge is 2.15. The second kappa shape index (κ2) is 10.4. The van der Waals surface area contributed by atoms with Crippen LogP contribution in [0.25, 0.3) is 11.2 Å². The smallest absolute Gasteiger partial charge is 0.318 e. The van der Waals surface area contributed by atoms with Gasteiger partial charge in [-0.2, -0.15) is 10.1 Å². The summed E-state index contributed by atoms with van der Waals surface area (Å²) >= 11 is 0. The highest BCUT2D eigenvalue weighted by molar-refractivity contribution is 5.68. The molecule has 3 aromatic heterocycles. The van der Waals surface area contributed by atoms with Crippen LogP contribution >= 0.6 is 0 Å². The molecule has 1 fully saturated rings. The maximum atomic E-state index is 5.83. The fourth-order valence-corrected chi connectivity index (χ4v) is 4.07. The molecule has 1 aliphatic rings. The molecule has 176 valence electrons. The molecule has 0 spiro atoms. The standard InChI is InChI=1S/C24H27N7O3/c1-31(13-17-5-4-8-19(11-17)34-16-33-18-6-2-3-7-18)22-9-10-28-30-21(22)14-32-24-25-12-20-23(29-24)27-15-26-20/h4-5,8-12,15,18H,2-3,6-7,13-14,16H2,1H3,(H,25,26,27,29). The summed E-state index contributed by atoms with van der Waals surface area (Å²) in [5.41, 5.74) is 4.01. The normalized spacial score (nSPS) is 13.9. The van der Waals surface area contributed by atoms with Gasteiger partial charge in [-0.1, -0.05) is 25.0 Å². The minimum Gasteiger partial charge on any atom is -0.468 e. The first-order valence-corrected chi connectivity index (χ1v) is 11.4. The molecule has 4 aromatic rings. The molecule has 1 aromatic carbocycles. The lowest BCUT2D eigenvalue weighted by molar-refractivity contribution is -0.0325. The minimum absolute atomic E-state index is 0.186. The molecule has 0 atom stereocenters. The summed E-state index contributed by atoms with van der Waals surface area (Å²) in [5, 5.41) is 8.29. The second-order valence-electron chi connectivity index (χ2n) is 8.28. The van der Waals surface area contributed by atoms with Crippen LogP contribution in [0, 0.1) is 0 Å². The van der Waals surface area contributed by atoms with Gasteiger partial charge in [0.1, 0.15) is 23.6 Å². The molecule has 0 radical (unpaired) electrons. The Hall–Kier alpha value is -3.79. The summed E-state index contributed by atoms with van der Waals surface area (Å²) in [5.74, 6) is 0.797. The molecule has 0 unspecified atom stereocenters. The Labute approximate surface area is 197 Å². The molecule has 10 heteroatoms. The number of hydrogen-bond donors (Lipinski definition) is 1. The molecule has 0 aliphatic heterocycles. The predicted molar refractivity (Wildman–Crippen MR) is 125 cm³/mol. The van der Waals surface area contributed by atoms with Crippen LogP contribution in [0.15, 0.2) is 49.1 Å². The summed E-state index contributed by atoms with van der Waals surface area (Å²) in [6, 6.07) is 10.2. The number of anilines is 1. The average molecular weight is 462 g/mol. The number of aromatic nitrogens is 6. The lowest BCUT2D eigenvalue weighted by atomic mass is 10.2. The van der Waals surface area contributed by atoms with Crippen molar-refractivity contribution in [2.24, 2.45) is 0 Å². The molecule has 5 rings (SSSR count). The zero-order chi connectivity index (χ0) is 23.2. The Balaban J connectivity index is 1.20. The van der Waals surface area contributed by atoms with Crippen molar-refractivity contribution in [1.29, 1.82) is 0 Å². The molecule has 34 heavy (non-hydrogen) atoms. The van der Waals surface area contributed by atoms with Crippen LogP contribution in [0.3, 0.4) is 0 Å². The number of imidazole rings is 1. The minimum atomic E-state index is 0.186. The fourth-order valence-electron chi connectivity index (χ4n) is 4.07. The Morgan fingerprint density at radius 2 is 2.03 bits per heavy atom. The Morgan fingerprint density at radius 3 is 2.94 bits per heavy atom. The molecule has 1 saturated carbocycles. The van der Waals surface area contributed by atoms with E-state index in [-0.39, 0.29) is 19.4 Å². The SMILES string of the molecule is CN(Cc1cccc(OCOC2CCCC2)c1)c1ccnnc1COc1ncc2[nH]cnc2n1. The van der Waals surface area contributed by atoms with Crippen molar-refractivity contribution in [2.75, 3.05) is 18.7 Å². The van der Waals surface area contributed by atoms with Crippen molar-refractivity contribution in [1.82, 2.24) is 30.1 Å². The zero-order valence-corrected chi connectivity index (χ0v) is 19.1. The van der Waals surface area contributed by atoms with Gasteiger partial charge in [-0.25, -0.2) is 9.97 Å². The van der Waals surface area contributed by atoms with Crippen LogP contribution in [0.4, 0.5) is 5.69 Å². The van der Waals surface area contributed by atoms with Gasteiger partial charge in [-0.05, 0) is 36.6 Å².